The second-order valence-corrected chi connectivity index (χ2v) is 8.68. The summed E-state index contributed by atoms with van der Waals surface area (Å²) in [4.78, 5) is 11.1. The number of piperazine rings is 1. The first-order valence-corrected chi connectivity index (χ1v) is 10.7. The van der Waals surface area contributed by atoms with Crippen molar-refractivity contribution in [1.29, 1.82) is 0 Å². The zero-order valence-corrected chi connectivity index (χ0v) is 17.0. The number of aryl methyl sites for hydroxylation is 1. The number of benzene rings is 1. The van der Waals surface area contributed by atoms with E-state index < -0.39 is 10.0 Å². The Balaban J connectivity index is 1.70. The van der Waals surface area contributed by atoms with Crippen LogP contribution in [0, 0.1) is 6.92 Å². The van der Waals surface area contributed by atoms with Gasteiger partial charge in [-0.15, -0.1) is 0 Å². The maximum absolute atomic E-state index is 12.8. The number of sulfonamides is 1. The predicted molar refractivity (Wildman–Crippen MR) is 105 cm³/mol. The average Bonchev–Trinajstić information content (AvgIpc) is 2.66. The summed E-state index contributed by atoms with van der Waals surface area (Å²) in [5.74, 6) is 1.95. The number of hydrogen-bond donors (Lipinski definition) is 0. The van der Waals surface area contributed by atoms with Gasteiger partial charge in [-0.25, -0.2) is 13.4 Å². The van der Waals surface area contributed by atoms with Gasteiger partial charge in [-0.1, -0.05) is 18.5 Å². The Labute approximate surface area is 165 Å². The van der Waals surface area contributed by atoms with Crippen LogP contribution in [0.5, 0.6) is 5.88 Å². The van der Waals surface area contributed by atoms with E-state index in [2.05, 4.69) is 14.9 Å². The third kappa shape index (κ3) is 4.69. The van der Waals surface area contributed by atoms with Gasteiger partial charge in [0.2, 0.25) is 15.9 Å². The zero-order valence-electron chi connectivity index (χ0n) is 15.4. The van der Waals surface area contributed by atoms with Gasteiger partial charge in [-0.2, -0.15) is 9.29 Å². The molecule has 1 fully saturated rings. The van der Waals surface area contributed by atoms with E-state index in [9.17, 15) is 8.42 Å². The van der Waals surface area contributed by atoms with Crippen LogP contribution >= 0.6 is 11.6 Å². The highest BCUT2D eigenvalue weighted by molar-refractivity contribution is 7.89. The lowest BCUT2D eigenvalue weighted by molar-refractivity contribution is 0.303. The molecule has 3 rings (SSSR count). The third-order valence-corrected chi connectivity index (χ3v) is 6.43. The van der Waals surface area contributed by atoms with Gasteiger partial charge >= 0.3 is 0 Å². The summed E-state index contributed by atoms with van der Waals surface area (Å²) >= 11 is 5.85. The standard InChI is InChI=1S/C18H23ClN4O3S/c1-3-12-26-18-13-17(20-14(2)21-18)22-8-10-23(11-9-22)27(24,25)16-6-4-15(19)5-7-16/h4-7,13H,3,8-12H2,1-2H3. The van der Waals surface area contributed by atoms with Crippen LogP contribution in [0.3, 0.4) is 0 Å². The minimum absolute atomic E-state index is 0.258. The van der Waals surface area contributed by atoms with E-state index >= 15 is 0 Å². The average molecular weight is 411 g/mol. The van der Waals surface area contributed by atoms with E-state index in [1.165, 1.54) is 16.4 Å². The van der Waals surface area contributed by atoms with Gasteiger partial charge in [0.1, 0.15) is 11.6 Å². The van der Waals surface area contributed by atoms with Crippen molar-refractivity contribution >= 4 is 27.4 Å². The summed E-state index contributed by atoms with van der Waals surface area (Å²) in [5, 5.41) is 0.513. The molecule has 1 aliphatic rings. The van der Waals surface area contributed by atoms with E-state index in [0.717, 1.165) is 12.2 Å². The number of halogens is 1. The Kier molecular flexibility index (Phi) is 6.18. The molecule has 27 heavy (non-hydrogen) atoms. The molecule has 0 bridgehead atoms. The number of rotatable bonds is 6. The van der Waals surface area contributed by atoms with Gasteiger partial charge in [0.05, 0.1) is 11.5 Å². The first-order valence-electron chi connectivity index (χ1n) is 8.89. The van der Waals surface area contributed by atoms with Gasteiger partial charge in [-0.3, -0.25) is 0 Å². The Morgan fingerprint density at radius 1 is 1.11 bits per heavy atom. The van der Waals surface area contributed by atoms with E-state index in [-0.39, 0.29) is 4.90 Å². The normalized spacial score (nSPS) is 15.7. The maximum Gasteiger partial charge on any atom is 0.243 e. The van der Waals surface area contributed by atoms with E-state index in [1.54, 1.807) is 12.1 Å². The molecule has 0 atom stereocenters. The molecule has 0 spiro atoms. The fourth-order valence-corrected chi connectivity index (χ4v) is 4.43. The fraction of sp³-hybridized carbons (Fsp3) is 0.444. The van der Waals surface area contributed by atoms with Crippen LogP contribution in [0.1, 0.15) is 19.2 Å². The lowest BCUT2D eigenvalue weighted by atomic mass is 10.3. The van der Waals surface area contributed by atoms with Crippen molar-refractivity contribution in [3.8, 4) is 5.88 Å². The third-order valence-electron chi connectivity index (χ3n) is 4.27. The molecule has 2 heterocycles. The second-order valence-electron chi connectivity index (χ2n) is 6.31. The molecular formula is C18H23ClN4O3S. The number of ether oxygens (including phenoxy) is 1. The molecular weight excluding hydrogens is 388 g/mol. The largest absolute Gasteiger partial charge is 0.478 e. The van der Waals surface area contributed by atoms with Crippen LogP contribution in [0.4, 0.5) is 5.82 Å². The monoisotopic (exact) mass is 410 g/mol. The summed E-state index contributed by atoms with van der Waals surface area (Å²) in [7, 11) is -3.52. The number of hydrogen-bond acceptors (Lipinski definition) is 6. The van der Waals surface area contributed by atoms with Gasteiger partial charge in [-0.05, 0) is 37.6 Å². The summed E-state index contributed by atoms with van der Waals surface area (Å²) in [5.41, 5.74) is 0. The fourth-order valence-electron chi connectivity index (χ4n) is 2.88. The van der Waals surface area contributed by atoms with Crippen molar-refractivity contribution in [1.82, 2.24) is 14.3 Å². The number of anilines is 1. The van der Waals surface area contributed by atoms with Crippen molar-refractivity contribution in [2.75, 3.05) is 37.7 Å². The highest BCUT2D eigenvalue weighted by Crippen LogP contribution is 2.23. The summed E-state index contributed by atoms with van der Waals surface area (Å²) in [6.45, 7) is 6.34. The van der Waals surface area contributed by atoms with E-state index in [4.69, 9.17) is 16.3 Å². The molecule has 0 aliphatic carbocycles. The molecule has 9 heteroatoms. The topological polar surface area (TPSA) is 75.6 Å². The minimum Gasteiger partial charge on any atom is -0.478 e. The smallest absolute Gasteiger partial charge is 0.243 e. The van der Waals surface area contributed by atoms with Crippen LogP contribution in [0.2, 0.25) is 5.02 Å². The SMILES string of the molecule is CCCOc1cc(N2CCN(S(=O)(=O)c3ccc(Cl)cc3)CC2)nc(C)n1. The van der Waals surface area contributed by atoms with Crippen LogP contribution in [0.25, 0.3) is 0 Å². The Morgan fingerprint density at radius 3 is 2.41 bits per heavy atom. The molecule has 1 aromatic carbocycles. The van der Waals surface area contributed by atoms with Gasteiger partial charge < -0.3 is 9.64 Å². The summed E-state index contributed by atoms with van der Waals surface area (Å²) < 4.78 is 32.7. The molecule has 0 amide bonds. The molecule has 146 valence electrons. The van der Waals surface area contributed by atoms with Gasteiger partial charge in [0, 0.05) is 37.3 Å². The molecule has 0 radical (unpaired) electrons. The predicted octanol–water partition coefficient (Wildman–Crippen LogP) is 2.74. The van der Waals surface area contributed by atoms with Crippen molar-refractivity contribution in [2.24, 2.45) is 0 Å². The van der Waals surface area contributed by atoms with Crippen LogP contribution < -0.4 is 9.64 Å². The molecule has 1 saturated heterocycles. The molecule has 1 aromatic heterocycles. The highest BCUT2D eigenvalue weighted by atomic mass is 35.5. The Morgan fingerprint density at radius 2 is 1.78 bits per heavy atom. The molecule has 7 nitrogen and oxygen atoms in total. The molecule has 0 saturated carbocycles. The molecule has 0 N–H and O–H groups in total. The molecule has 0 unspecified atom stereocenters. The summed E-state index contributed by atoms with van der Waals surface area (Å²) in [6.07, 6.45) is 0.902. The van der Waals surface area contributed by atoms with Gasteiger partial charge in [0.15, 0.2) is 0 Å². The van der Waals surface area contributed by atoms with Crippen molar-refractivity contribution in [3.05, 3.63) is 41.2 Å². The quantitative estimate of drug-likeness (QED) is 0.728. The summed E-state index contributed by atoms with van der Waals surface area (Å²) in [6, 6.07) is 8.06. The van der Waals surface area contributed by atoms with Crippen LogP contribution in [-0.4, -0.2) is 55.5 Å². The minimum atomic E-state index is -3.52. The molecule has 1 aliphatic heterocycles. The Hall–Kier alpha value is -1.90. The first-order chi connectivity index (χ1) is 12.9. The maximum atomic E-state index is 12.8. The first kappa shape index (κ1) is 19.9. The zero-order chi connectivity index (χ0) is 19.4. The highest BCUT2D eigenvalue weighted by Gasteiger charge is 2.29. The van der Waals surface area contributed by atoms with Crippen LogP contribution in [0.15, 0.2) is 35.2 Å². The van der Waals surface area contributed by atoms with E-state index in [0.29, 0.717) is 49.5 Å². The number of aromatic nitrogens is 2. The van der Waals surface area contributed by atoms with Crippen LogP contribution in [-0.2, 0) is 10.0 Å². The van der Waals surface area contributed by atoms with Crippen molar-refractivity contribution in [3.63, 3.8) is 0 Å². The van der Waals surface area contributed by atoms with Crippen molar-refractivity contribution in [2.45, 2.75) is 25.2 Å². The number of nitrogens with zero attached hydrogens (tertiary/aromatic N) is 4. The lowest BCUT2D eigenvalue weighted by Gasteiger charge is -2.34. The van der Waals surface area contributed by atoms with E-state index in [1.807, 2.05) is 19.9 Å². The van der Waals surface area contributed by atoms with Gasteiger partial charge in [0.25, 0.3) is 0 Å². The van der Waals surface area contributed by atoms with Crippen molar-refractivity contribution < 1.29 is 13.2 Å². The molecule has 2 aromatic rings. The Bertz CT molecular complexity index is 882. The second kappa shape index (κ2) is 8.41. The lowest BCUT2D eigenvalue weighted by Crippen LogP contribution is -2.49.